The number of ether oxygens (including phenoxy) is 3. The largest absolute Gasteiger partial charge is 0.493 e. The lowest BCUT2D eigenvalue weighted by Crippen LogP contribution is -2.48. The van der Waals surface area contributed by atoms with Crippen molar-refractivity contribution in [3.8, 4) is 11.5 Å². The second-order valence-corrected chi connectivity index (χ2v) is 11.2. The second kappa shape index (κ2) is 17.0. The fourth-order valence-corrected chi connectivity index (χ4v) is 5.35. The van der Waals surface area contributed by atoms with Crippen LogP contribution < -0.4 is 14.8 Å². The summed E-state index contributed by atoms with van der Waals surface area (Å²) in [6.07, 6.45) is 8.05. The number of fused-ring (bicyclic) bond motifs is 1. The molecule has 44 heavy (non-hydrogen) atoms. The SMILES string of the molecule is COC(=O)CCCCCCCC(=O)N1CCN(CCCOc2cc3c(Nc4ccc(F)c(Cl)c4)ncnc3cc2OC)CC1. The molecule has 3 aromatic rings. The van der Waals surface area contributed by atoms with Crippen LogP contribution in [-0.4, -0.2) is 85.2 Å². The Morgan fingerprint density at radius 1 is 0.932 bits per heavy atom. The summed E-state index contributed by atoms with van der Waals surface area (Å²) in [5.74, 6) is 1.26. The Kier molecular flexibility index (Phi) is 12.8. The number of rotatable bonds is 16. The van der Waals surface area contributed by atoms with Gasteiger partial charge in [0.05, 0.1) is 31.4 Å². The fourth-order valence-electron chi connectivity index (χ4n) is 5.17. The van der Waals surface area contributed by atoms with Crippen molar-refractivity contribution in [1.29, 1.82) is 0 Å². The predicted molar refractivity (Wildman–Crippen MR) is 168 cm³/mol. The summed E-state index contributed by atoms with van der Waals surface area (Å²) < 4.78 is 29.9. The highest BCUT2D eigenvalue weighted by molar-refractivity contribution is 6.31. The van der Waals surface area contributed by atoms with Crippen molar-refractivity contribution in [3.05, 3.63) is 47.5 Å². The molecule has 0 radical (unpaired) electrons. The lowest BCUT2D eigenvalue weighted by molar-refractivity contribution is -0.140. The molecule has 1 aliphatic heterocycles. The van der Waals surface area contributed by atoms with Gasteiger partial charge in [-0.25, -0.2) is 14.4 Å². The summed E-state index contributed by atoms with van der Waals surface area (Å²) in [5.41, 5.74) is 1.27. The molecule has 0 aliphatic carbocycles. The molecule has 1 fully saturated rings. The number of methoxy groups -OCH3 is 2. The zero-order chi connectivity index (χ0) is 31.3. The molecule has 4 rings (SSSR count). The summed E-state index contributed by atoms with van der Waals surface area (Å²) in [4.78, 5) is 36.8. The van der Waals surface area contributed by atoms with Crippen LogP contribution in [0, 0.1) is 5.82 Å². The van der Waals surface area contributed by atoms with E-state index in [4.69, 9.17) is 21.1 Å². The van der Waals surface area contributed by atoms with Gasteiger partial charge in [0, 0.05) is 62.7 Å². The van der Waals surface area contributed by atoms with Gasteiger partial charge < -0.3 is 24.4 Å². The molecule has 0 bridgehead atoms. The van der Waals surface area contributed by atoms with Crippen molar-refractivity contribution in [2.45, 2.75) is 51.4 Å². The van der Waals surface area contributed by atoms with E-state index in [9.17, 15) is 14.0 Å². The molecule has 2 heterocycles. The molecule has 1 aliphatic rings. The average Bonchev–Trinajstić information content (AvgIpc) is 3.04. The number of amides is 1. The minimum absolute atomic E-state index is 0.0175. The number of nitrogens with one attached hydrogen (secondary N) is 1. The zero-order valence-corrected chi connectivity index (χ0v) is 26.2. The van der Waals surface area contributed by atoms with Crippen LogP contribution in [0.25, 0.3) is 10.9 Å². The molecule has 0 unspecified atom stereocenters. The minimum Gasteiger partial charge on any atom is -0.493 e. The maximum absolute atomic E-state index is 13.6. The lowest BCUT2D eigenvalue weighted by Gasteiger charge is -2.34. The predicted octanol–water partition coefficient (Wildman–Crippen LogP) is 5.99. The molecule has 1 N–H and O–H groups in total. The molecule has 0 spiro atoms. The monoisotopic (exact) mass is 629 g/mol. The summed E-state index contributed by atoms with van der Waals surface area (Å²) >= 11 is 5.94. The zero-order valence-electron chi connectivity index (χ0n) is 25.4. The smallest absolute Gasteiger partial charge is 0.305 e. The van der Waals surface area contributed by atoms with Gasteiger partial charge in [-0.15, -0.1) is 0 Å². The van der Waals surface area contributed by atoms with Crippen LogP contribution in [0.15, 0.2) is 36.7 Å². The van der Waals surface area contributed by atoms with Crippen LogP contribution in [0.1, 0.15) is 51.4 Å². The van der Waals surface area contributed by atoms with Crippen molar-refractivity contribution < 1.29 is 28.2 Å². The van der Waals surface area contributed by atoms with Gasteiger partial charge in [-0.2, -0.15) is 0 Å². The van der Waals surface area contributed by atoms with Crippen LogP contribution in [-0.2, 0) is 14.3 Å². The van der Waals surface area contributed by atoms with Crippen LogP contribution in [0.2, 0.25) is 5.02 Å². The van der Waals surface area contributed by atoms with E-state index < -0.39 is 5.82 Å². The van der Waals surface area contributed by atoms with Crippen LogP contribution in [0.4, 0.5) is 15.9 Å². The number of anilines is 2. The summed E-state index contributed by atoms with van der Waals surface area (Å²) in [5, 5.41) is 3.92. The summed E-state index contributed by atoms with van der Waals surface area (Å²) in [7, 11) is 3.00. The van der Waals surface area contributed by atoms with Gasteiger partial charge >= 0.3 is 5.97 Å². The van der Waals surface area contributed by atoms with Crippen LogP contribution >= 0.6 is 11.6 Å². The molecule has 238 valence electrons. The highest BCUT2D eigenvalue weighted by atomic mass is 35.5. The molecule has 0 saturated carbocycles. The fraction of sp³-hybridized carbons (Fsp3) is 0.500. The minimum atomic E-state index is -0.492. The summed E-state index contributed by atoms with van der Waals surface area (Å²) in [6, 6.07) is 8.03. The lowest BCUT2D eigenvalue weighted by atomic mass is 10.1. The van der Waals surface area contributed by atoms with Gasteiger partial charge in [-0.3, -0.25) is 14.5 Å². The van der Waals surface area contributed by atoms with Gasteiger partial charge in [-0.1, -0.05) is 30.9 Å². The Hall–Kier alpha value is -3.70. The summed E-state index contributed by atoms with van der Waals surface area (Å²) in [6.45, 7) is 4.53. The number of aromatic nitrogens is 2. The van der Waals surface area contributed by atoms with E-state index in [1.54, 1.807) is 19.2 Å². The van der Waals surface area contributed by atoms with Crippen LogP contribution in [0.3, 0.4) is 0 Å². The molecule has 1 saturated heterocycles. The first-order valence-corrected chi connectivity index (χ1v) is 15.5. The number of hydrogen-bond acceptors (Lipinski definition) is 9. The number of benzene rings is 2. The van der Waals surface area contributed by atoms with Crippen molar-refractivity contribution in [1.82, 2.24) is 19.8 Å². The third-order valence-electron chi connectivity index (χ3n) is 7.70. The number of carbonyl (C=O) groups excluding carboxylic acids is 2. The maximum Gasteiger partial charge on any atom is 0.305 e. The third-order valence-corrected chi connectivity index (χ3v) is 7.99. The van der Waals surface area contributed by atoms with Crippen molar-refractivity contribution in [2.24, 2.45) is 0 Å². The highest BCUT2D eigenvalue weighted by Crippen LogP contribution is 2.35. The maximum atomic E-state index is 13.6. The normalized spacial score (nSPS) is 13.6. The Labute approximate surface area is 262 Å². The van der Waals surface area contributed by atoms with Crippen LogP contribution in [0.5, 0.6) is 11.5 Å². The van der Waals surface area contributed by atoms with E-state index in [1.165, 1.54) is 25.6 Å². The first-order valence-electron chi connectivity index (χ1n) is 15.1. The number of piperazine rings is 1. The molecule has 1 amide bonds. The molecule has 10 nitrogen and oxygen atoms in total. The molecule has 0 atom stereocenters. The van der Waals surface area contributed by atoms with Gasteiger partial charge in [0.15, 0.2) is 11.5 Å². The molecule has 12 heteroatoms. The van der Waals surface area contributed by atoms with Gasteiger partial charge in [0.2, 0.25) is 5.91 Å². The van der Waals surface area contributed by atoms with Gasteiger partial charge in [-0.05, 0) is 43.5 Å². The van der Waals surface area contributed by atoms with Gasteiger partial charge in [0.1, 0.15) is 18.0 Å². The number of halogens is 2. The third kappa shape index (κ3) is 9.65. The van der Waals surface area contributed by atoms with Crippen molar-refractivity contribution >= 4 is 45.9 Å². The van der Waals surface area contributed by atoms with E-state index in [1.807, 2.05) is 11.0 Å². The topological polar surface area (TPSA) is 106 Å². The number of carbonyl (C=O) groups is 2. The van der Waals surface area contributed by atoms with Crippen molar-refractivity contribution in [3.63, 3.8) is 0 Å². The molecular weight excluding hydrogens is 589 g/mol. The van der Waals surface area contributed by atoms with E-state index in [-0.39, 0.29) is 16.9 Å². The van der Waals surface area contributed by atoms with Gasteiger partial charge in [0.25, 0.3) is 0 Å². The van der Waals surface area contributed by atoms with Crippen molar-refractivity contribution in [2.75, 3.05) is 58.9 Å². The molecular formula is C32H41ClFN5O5. The van der Waals surface area contributed by atoms with E-state index in [0.717, 1.165) is 76.6 Å². The van der Waals surface area contributed by atoms with E-state index >= 15 is 0 Å². The number of nitrogens with zero attached hydrogens (tertiary/aromatic N) is 4. The number of esters is 1. The van der Waals surface area contributed by atoms with E-state index in [0.29, 0.717) is 48.0 Å². The Bertz CT molecular complexity index is 1400. The molecule has 2 aromatic carbocycles. The molecule has 1 aromatic heterocycles. The Balaban J connectivity index is 1.19. The average molecular weight is 630 g/mol. The first kappa shape index (κ1) is 33.2. The standard InChI is InChI=1S/C32H41ClFN5O5/c1-42-28-21-27-24(32(36-22-35-27)37-23-11-12-26(34)25(33)19-23)20-29(28)44-18-8-13-38-14-16-39(17-15-38)30(40)9-6-4-3-5-7-10-31(41)43-2/h11-12,19-22H,3-10,13-18H2,1-2H3,(H,35,36,37). The first-order chi connectivity index (χ1) is 21.4. The van der Waals surface area contributed by atoms with E-state index in [2.05, 4.69) is 24.9 Å². The second-order valence-electron chi connectivity index (χ2n) is 10.8. The Morgan fingerprint density at radius 3 is 2.41 bits per heavy atom. The number of unbranched alkanes of at least 4 members (excludes halogenated alkanes) is 4. The number of hydrogen-bond donors (Lipinski definition) is 1. The Morgan fingerprint density at radius 2 is 1.68 bits per heavy atom. The highest BCUT2D eigenvalue weighted by Gasteiger charge is 2.20. The quantitative estimate of drug-likeness (QED) is 0.151.